The Hall–Kier alpha value is -1.48. The number of sulfonamides is 1. The molecule has 0 aliphatic heterocycles. The normalized spacial score (nSPS) is 12.2. The van der Waals surface area contributed by atoms with E-state index in [2.05, 4.69) is 9.46 Å². The minimum absolute atomic E-state index is 0.0107. The van der Waals surface area contributed by atoms with Gasteiger partial charge in [0.15, 0.2) is 0 Å². The molecule has 2 rings (SSSR count). The van der Waals surface area contributed by atoms with E-state index in [-0.39, 0.29) is 20.5 Å². The van der Waals surface area contributed by atoms with E-state index in [0.717, 1.165) is 12.1 Å². The average molecular weight is 400 g/mol. The molecular formula is C14H10Cl2F3NO3S. The van der Waals surface area contributed by atoms with Crippen molar-refractivity contribution in [3.63, 3.8) is 0 Å². The number of rotatable bonds is 5. The molecule has 0 heterocycles. The van der Waals surface area contributed by atoms with Gasteiger partial charge in [0.05, 0.1) is 5.02 Å². The first-order chi connectivity index (χ1) is 11.1. The number of halogens is 5. The first kappa shape index (κ1) is 18.9. The van der Waals surface area contributed by atoms with E-state index < -0.39 is 28.7 Å². The second kappa shape index (κ2) is 7.18. The van der Waals surface area contributed by atoms with Crippen molar-refractivity contribution in [2.45, 2.75) is 17.8 Å². The largest absolute Gasteiger partial charge is 0.573 e. The lowest BCUT2D eigenvalue weighted by Gasteiger charge is -2.14. The zero-order valence-electron chi connectivity index (χ0n) is 11.8. The number of alkyl halides is 3. The lowest BCUT2D eigenvalue weighted by atomic mass is 10.2. The highest BCUT2D eigenvalue weighted by atomic mass is 35.5. The second-order valence-electron chi connectivity index (χ2n) is 4.55. The summed E-state index contributed by atoms with van der Waals surface area (Å²) in [7, 11) is -4.08. The molecule has 130 valence electrons. The second-order valence-corrected chi connectivity index (χ2v) is 7.13. The number of para-hydroxylation sites is 1. The first-order valence-electron chi connectivity index (χ1n) is 6.37. The predicted octanol–water partition coefficient (Wildman–Crippen LogP) is 4.37. The number of nitrogens with one attached hydrogen (secondary N) is 1. The van der Waals surface area contributed by atoms with Crippen LogP contribution in [0.4, 0.5) is 13.2 Å². The standard InChI is InChI=1S/C14H10Cl2F3NO3S/c15-10-5-6-11(16)13(7-10)24(21,22)20-8-9-3-1-2-4-12(9)23-14(17,18)19/h1-7,20H,8H2. The Morgan fingerprint density at radius 1 is 1.08 bits per heavy atom. The van der Waals surface area contributed by atoms with E-state index in [1.165, 1.54) is 30.3 Å². The molecule has 2 aromatic rings. The summed E-state index contributed by atoms with van der Waals surface area (Å²) in [6, 6.07) is 9.05. The summed E-state index contributed by atoms with van der Waals surface area (Å²) in [6.07, 6.45) is -4.88. The summed E-state index contributed by atoms with van der Waals surface area (Å²) in [5.74, 6) is -0.495. The van der Waals surface area contributed by atoms with Gasteiger partial charge in [-0.15, -0.1) is 13.2 Å². The Morgan fingerprint density at radius 2 is 1.75 bits per heavy atom. The van der Waals surface area contributed by atoms with Gasteiger partial charge in [-0.25, -0.2) is 13.1 Å². The van der Waals surface area contributed by atoms with Crippen LogP contribution in [0.5, 0.6) is 5.75 Å². The Labute approximate surface area is 146 Å². The molecule has 0 fully saturated rings. The molecule has 0 spiro atoms. The van der Waals surface area contributed by atoms with Crippen molar-refractivity contribution in [3.8, 4) is 5.75 Å². The maximum absolute atomic E-state index is 12.4. The Bertz CT molecular complexity index is 841. The van der Waals surface area contributed by atoms with Crippen LogP contribution in [-0.2, 0) is 16.6 Å². The van der Waals surface area contributed by atoms with E-state index in [9.17, 15) is 21.6 Å². The molecule has 0 saturated heterocycles. The van der Waals surface area contributed by atoms with Gasteiger partial charge in [0, 0.05) is 17.1 Å². The molecule has 0 atom stereocenters. The van der Waals surface area contributed by atoms with Crippen molar-refractivity contribution in [1.29, 1.82) is 0 Å². The molecule has 1 N–H and O–H groups in total. The third kappa shape index (κ3) is 5.01. The van der Waals surface area contributed by atoms with Gasteiger partial charge in [0.2, 0.25) is 10.0 Å². The molecule has 10 heteroatoms. The maximum atomic E-state index is 12.4. The average Bonchev–Trinajstić information content (AvgIpc) is 2.47. The number of ether oxygens (including phenoxy) is 1. The van der Waals surface area contributed by atoms with Crippen molar-refractivity contribution in [1.82, 2.24) is 4.72 Å². The van der Waals surface area contributed by atoms with Crippen LogP contribution in [0.3, 0.4) is 0 Å². The quantitative estimate of drug-likeness (QED) is 0.811. The summed E-state index contributed by atoms with van der Waals surface area (Å²) in [4.78, 5) is -0.272. The Kier molecular flexibility index (Phi) is 5.64. The van der Waals surface area contributed by atoms with Crippen LogP contribution in [0.2, 0.25) is 10.0 Å². The van der Waals surface area contributed by atoms with Gasteiger partial charge in [-0.05, 0) is 24.3 Å². The van der Waals surface area contributed by atoms with Gasteiger partial charge in [0.25, 0.3) is 0 Å². The number of benzene rings is 2. The van der Waals surface area contributed by atoms with Crippen LogP contribution in [-0.4, -0.2) is 14.8 Å². The van der Waals surface area contributed by atoms with Crippen LogP contribution in [0.25, 0.3) is 0 Å². The third-order valence-electron chi connectivity index (χ3n) is 2.83. The summed E-state index contributed by atoms with van der Waals surface area (Å²) in [6.45, 7) is -0.419. The van der Waals surface area contributed by atoms with Crippen LogP contribution in [0.1, 0.15) is 5.56 Å². The molecule has 4 nitrogen and oxygen atoms in total. The molecule has 0 radical (unpaired) electrons. The zero-order valence-corrected chi connectivity index (χ0v) is 14.1. The topological polar surface area (TPSA) is 55.4 Å². The summed E-state index contributed by atoms with van der Waals surface area (Å²) in [5, 5.41) is 0.0901. The van der Waals surface area contributed by atoms with Gasteiger partial charge >= 0.3 is 6.36 Å². The molecule has 0 unspecified atom stereocenters. The zero-order chi connectivity index (χ0) is 18.0. The minimum Gasteiger partial charge on any atom is -0.405 e. The first-order valence-corrected chi connectivity index (χ1v) is 8.61. The highest BCUT2D eigenvalue weighted by Crippen LogP contribution is 2.28. The van der Waals surface area contributed by atoms with Crippen LogP contribution >= 0.6 is 23.2 Å². The fourth-order valence-corrected chi connectivity index (χ4v) is 3.57. The van der Waals surface area contributed by atoms with Gasteiger partial charge in [0.1, 0.15) is 10.6 Å². The molecule has 0 aromatic heterocycles. The van der Waals surface area contributed by atoms with E-state index in [1.54, 1.807) is 0 Å². The van der Waals surface area contributed by atoms with Gasteiger partial charge in [-0.3, -0.25) is 0 Å². The molecule has 0 bridgehead atoms. The van der Waals surface area contributed by atoms with Crippen molar-refractivity contribution >= 4 is 33.2 Å². The van der Waals surface area contributed by atoms with Crippen molar-refractivity contribution in [3.05, 3.63) is 58.1 Å². The van der Waals surface area contributed by atoms with Crippen LogP contribution in [0.15, 0.2) is 47.4 Å². The molecular weight excluding hydrogens is 390 g/mol. The Morgan fingerprint density at radius 3 is 2.42 bits per heavy atom. The molecule has 24 heavy (non-hydrogen) atoms. The SMILES string of the molecule is O=S(=O)(NCc1ccccc1OC(F)(F)F)c1cc(Cl)ccc1Cl. The van der Waals surface area contributed by atoms with E-state index in [0.29, 0.717) is 0 Å². The number of hydrogen-bond acceptors (Lipinski definition) is 3. The lowest BCUT2D eigenvalue weighted by Crippen LogP contribution is -2.25. The lowest BCUT2D eigenvalue weighted by molar-refractivity contribution is -0.274. The highest BCUT2D eigenvalue weighted by molar-refractivity contribution is 7.89. The molecule has 0 saturated carbocycles. The van der Waals surface area contributed by atoms with Crippen molar-refractivity contribution in [2.75, 3.05) is 0 Å². The van der Waals surface area contributed by atoms with Crippen LogP contribution < -0.4 is 9.46 Å². The molecule has 0 amide bonds. The summed E-state index contributed by atoms with van der Waals surface area (Å²) < 4.78 is 67.6. The third-order valence-corrected chi connectivity index (χ3v) is 4.95. The van der Waals surface area contributed by atoms with Crippen LogP contribution in [0, 0.1) is 0 Å². The molecule has 0 aliphatic rings. The Balaban J connectivity index is 2.23. The van der Waals surface area contributed by atoms with Gasteiger partial charge in [-0.1, -0.05) is 41.4 Å². The highest BCUT2D eigenvalue weighted by Gasteiger charge is 2.32. The molecule has 2 aromatic carbocycles. The minimum atomic E-state index is -4.88. The molecule has 0 aliphatic carbocycles. The van der Waals surface area contributed by atoms with Gasteiger partial charge < -0.3 is 4.74 Å². The van der Waals surface area contributed by atoms with Crippen molar-refractivity contribution in [2.24, 2.45) is 0 Å². The van der Waals surface area contributed by atoms with E-state index in [1.807, 2.05) is 0 Å². The van der Waals surface area contributed by atoms with Gasteiger partial charge in [-0.2, -0.15) is 0 Å². The summed E-state index contributed by atoms with van der Waals surface area (Å²) in [5.41, 5.74) is 0.0107. The smallest absolute Gasteiger partial charge is 0.405 e. The monoisotopic (exact) mass is 399 g/mol. The van der Waals surface area contributed by atoms with E-state index in [4.69, 9.17) is 23.2 Å². The number of hydrogen-bond donors (Lipinski definition) is 1. The van der Waals surface area contributed by atoms with Crippen molar-refractivity contribution < 1.29 is 26.3 Å². The fraction of sp³-hybridized carbons (Fsp3) is 0.143. The summed E-state index contributed by atoms with van der Waals surface area (Å²) >= 11 is 11.6. The maximum Gasteiger partial charge on any atom is 0.573 e. The fourth-order valence-electron chi connectivity index (χ4n) is 1.81. The van der Waals surface area contributed by atoms with E-state index >= 15 is 0 Å². The predicted molar refractivity (Wildman–Crippen MR) is 83.6 cm³/mol.